The lowest BCUT2D eigenvalue weighted by Gasteiger charge is -2.09. The largest absolute Gasteiger partial charge is 0.478 e. The summed E-state index contributed by atoms with van der Waals surface area (Å²) in [4.78, 5) is 10.9. The first-order valence-corrected chi connectivity index (χ1v) is 7.72. The van der Waals surface area contributed by atoms with Crippen molar-refractivity contribution < 1.29 is 18.3 Å². The zero-order chi connectivity index (χ0) is 15.6. The van der Waals surface area contributed by atoms with E-state index in [1.165, 1.54) is 18.2 Å². The summed E-state index contributed by atoms with van der Waals surface area (Å²) in [6.45, 7) is 1.78. The van der Waals surface area contributed by atoms with Crippen LogP contribution < -0.4 is 4.72 Å². The predicted molar refractivity (Wildman–Crippen MR) is 77.6 cm³/mol. The third-order valence-corrected chi connectivity index (χ3v) is 4.63. The van der Waals surface area contributed by atoms with Gasteiger partial charge in [0.2, 0.25) is 10.0 Å². The fourth-order valence-electron chi connectivity index (χ4n) is 1.94. The summed E-state index contributed by atoms with van der Waals surface area (Å²) in [5.74, 6) is -1.16. The number of benzene rings is 1. The third kappa shape index (κ3) is 3.50. The van der Waals surface area contributed by atoms with Crippen LogP contribution >= 0.6 is 0 Å². The first-order valence-electron chi connectivity index (χ1n) is 6.24. The second kappa shape index (κ2) is 5.71. The van der Waals surface area contributed by atoms with Crippen LogP contribution in [0.1, 0.15) is 21.5 Å². The van der Waals surface area contributed by atoms with Crippen molar-refractivity contribution in [3.8, 4) is 0 Å². The zero-order valence-electron chi connectivity index (χ0n) is 11.7. The van der Waals surface area contributed by atoms with Gasteiger partial charge in [-0.15, -0.1) is 0 Å². The number of sulfonamides is 1. The molecule has 0 aliphatic carbocycles. The average Bonchev–Trinajstić information content (AvgIpc) is 2.82. The number of aryl methyl sites for hydroxylation is 2. The summed E-state index contributed by atoms with van der Waals surface area (Å²) in [6.07, 6.45) is 3.63. The normalized spacial score (nSPS) is 11.5. The standard InChI is InChI=1S/C14H16N2O4S/c1-10-3-4-12(14(17)18)7-13(10)21(19,20)15-8-11-5-6-16(2)9-11/h3-7,9,15H,8H2,1-2H3,(H,17,18). The highest BCUT2D eigenvalue weighted by Crippen LogP contribution is 2.17. The summed E-state index contributed by atoms with van der Waals surface area (Å²) in [6, 6.07) is 5.85. The predicted octanol–water partition coefficient (Wildman–Crippen LogP) is 1.51. The molecule has 21 heavy (non-hydrogen) atoms. The van der Waals surface area contributed by atoms with Crippen LogP contribution in [0.2, 0.25) is 0 Å². The van der Waals surface area contributed by atoms with E-state index in [0.717, 1.165) is 5.56 Å². The first kappa shape index (κ1) is 15.3. The maximum Gasteiger partial charge on any atom is 0.335 e. The third-order valence-electron chi connectivity index (χ3n) is 3.08. The SMILES string of the molecule is Cc1ccc(C(=O)O)cc1S(=O)(=O)NCc1ccn(C)c1. The molecule has 2 rings (SSSR count). The lowest BCUT2D eigenvalue weighted by molar-refractivity contribution is 0.0696. The molecule has 0 saturated carbocycles. The maximum atomic E-state index is 12.3. The number of aromatic nitrogens is 1. The van der Waals surface area contributed by atoms with Crippen LogP contribution in [-0.4, -0.2) is 24.1 Å². The Morgan fingerprint density at radius 2 is 2.05 bits per heavy atom. The van der Waals surface area contributed by atoms with Gasteiger partial charge >= 0.3 is 5.97 Å². The summed E-state index contributed by atoms with van der Waals surface area (Å²) in [5, 5.41) is 8.96. The molecule has 0 fully saturated rings. The second-order valence-corrected chi connectivity index (χ2v) is 6.53. The van der Waals surface area contributed by atoms with Crippen molar-refractivity contribution in [2.45, 2.75) is 18.4 Å². The van der Waals surface area contributed by atoms with E-state index in [1.54, 1.807) is 6.92 Å². The molecule has 0 amide bonds. The molecule has 0 aliphatic heterocycles. The molecule has 0 spiro atoms. The molecule has 2 N–H and O–H groups in total. The number of rotatable bonds is 5. The highest BCUT2D eigenvalue weighted by Gasteiger charge is 2.18. The minimum Gasteiger partial charge on any atom is -0.478 e. The van der Waals surface area contributed by atoms with Crippen molar-refractivity contribution >= 4 is 16.0 Å². The fraction of sp³-hybridized carbons (Fsp3) is 0.214. The molecule has 112 valence electrons. The number of hydrogen-bond donors (Lipinski definition) is 2. The van der Waals surface area contributed by atoms with Crippen molar-refractivity contribution in [2.75, 3.05) is 0 Å². The molecular weight excluding hydrogens is 292 g/mol. The lowest BCUT2D eigenvalue weighted by Crippen LogP contribution is -2.24. The molecule has 1 aromatic carbocycles. The van der Waals surface area contributed by atoms with Gasteiger partial charge in [0, 0.05) is 26.0 Å². The van der Waals surface area contributed by atoms with Crippen LogP contribution in [0.4, 0.5) is 0 Å². The molecule has 1 heterocycles. The van der Waals surface area contributed by atoms with Gasteiger partial charge in [0.1, 0.15) is 0 Å². The molecule has 0 aliphatic rings. The van der Waals surface area contributed by atoms with E-state index in [4.69, 9.17) is 5.11 Å². The maximum absolute atomic E-state index is 12.3. The smallest absolute Gasteiger partial charge is 0.335 e. The van der Waals surface area contributed by atoms with Crippen molar-refractivity contribution in [3.63, 3.8) is 0 Å². The number of carbonyl (C=O) groups is 1. The lowest BCUT2D eigenvalue weighted by atomic mass is 10.1. The van der Waals surface area contributed by atoms with Crippen molar-refractivity contribution in [1.29, 1.82) is 0 Å². The minimum absolute atomic E-state index is 0.0154. The van der Waals surface area contributed by atoms with Crippen LogP contribution in [0, 0.1) is 6.92 Å². The van der Waals surface area contributed by atoms with Crippen molar-refractivity contribution in [1.82, 2.24) is 9.29 Å². The van der Waals surface area contributed by atoms with E-state index < -0.39 is 16.0 Å². The Hall–Kier alpha value is -2.12. The van der Waals surface area contributed by atoms with Crippen molar-refractivity contribution in [3.05, 3.63) is 53.3 Å². The van der Waals surface area contributed by atoms with Gasteiger partial charge in [0.15, 0.2) is 0 Å². The quantitative estimate of drug-likeness (QED) is 0.876. The van der Waals surface area contributed by atoms with Crippen LogP contribution in [0.3, 0.4) is 0 Å². The summed E-state index contributed by atoms with van der Waals surface area (Å²) < 4.78 is 28.9. The van der Waals surface area contributed by atoms with Crippen LogP contribution in [0.5, 0.6) is 0 Å². The van der Waals surface area contributed by atoms with Gasteiger partial charge in [-0.25, -0.2) is 17.9 Å². The Kier molecular flexibility index (Phi) is 4.15. The first-order chi connectivity index (χ1) is 9.79. The van der Waals surface area contributed by atoms with Gasteiger partial charge in [0.25, 0.3) is 0 Å². The van der Waals surface area contributed by atoms with Gasteiger partial charge < -0.3 is 9.67 Å². The van der Waals surface area contributed by atoms with Gasteiger partial charge in [-0.05, 0) is 36.2 Å². The molecule has 0 saturated heterocycles. The molecular formula is C14H16N2O4S. The Balaban J connectivity index is 2.26. The molecule has 6 nitrogen and oxygen atoms in total. The van der Waals surface area contributed by atoms with E-state index in [9.17, 15) is 13.2 Å². The fourth-order valence-corrected chi connectivity index (χ4v) is 3.23. The molecule has 1 aromatic heterocycles. The monoisotopic (exact) mass is 308 g/mol. The second-order valence-electron chi connectivity index (χ2n) is 4.80. The highest BCUT2D eigenvalue weighted by molar-refractivity contribution is 7.89. The van der Waals surface area contributed by atoms with Gasteiger partial charge in [0.05, 0.1) is 10.5 Å². The molecule has 0 unspecified atom stereocenters. The van der Waals surface area contributed by atoms with E-state index in [1.807, 2.05) is 30.1 Å². The number of aromatic carboxylic acids is 1. The number of carboxylic acid groups (broad SMARTS) is 1. The Bertz CT molecular complexity index is 778. The molecule has 0 atom stereocenters. The number of nitrogens with zero attached hydrogens (tertiary/aromatic N) is 1. The highest BCUT2D eigenvalue weighted by atomic mass is 32.2. The number of carboxylic acids is 1. The average molecular weight is 308 g/mol. The molecule has 0 radical (unpaired) electrons. The minimum atomic E-state index is -3.76. The molecule has 2 aromatic rings. The Labute approximate surface area is 123 Å². The number of hydrogen-bond acceptors (Lipinski definition) is 3. The van der Waals surface area contributed by atoms with Gasteiger partial charge in [-0.2, -0.15) is 0 Å². The number of nitrogens with one attached hydrogen (secondary N) is 1. The topological polar surface area (TPSA) is 88.4 Å². The Morgan fingerprint density at radius 1 is 1.33 bits per heavy atom. The summed E-state index contributed by atoms with van der Waals surface area (Å²) in [5.41, 5.74) is 1.27. The van der Waals surface area contributed by atoms with E-state index in [-0.39, 0.29) is 17.0 Å². The van der Waals surface area contributed by atoms with E-state index >= 15 is 0 Å². The van der Waals surface area contributed by atoms with Crippen molar-refractivity contribution in [2.24, 2.45) is 7.05 Å². The zero-order valence-corrected chi connectivity index (χ0v) is 12.5. The van der Waals surface area contributed by atoms with E-state index in [0.29, 0.717) is 5.56 Å². The van der Waals surface area contributed by atoms with Crippen LogP contribution in [-0.2, 0) is 23.6 Å². The van der Waals surface area contributed by atoms with Crippen LogP contribution in [0.25, 0.3) is 0 Å². The summed E-state index contributed by atoms with van der Waals surface area (Å²) >= 11 is 0. The van der Waals surface area contributed by atoms with Gasteiger partial charge in [-0.1, -0.05) is 6.07 Å². The van der Waals surface area contributed by atoms with E-state index in [2.05, 4.69) is 4.72 Å². The van der Waals surface area contributed by atoms with Crippen LogP contribution in [0.15, 0.2) is 41.6 Å². The molecule has 0 bridgehead atoms. The Morgan fingerprint density at radius 3 is 2.62 bits per heavy atom. The van der Waals surface area contributed by atoms with Gasteiger partial charge in [-0.3, -0.25) is 0 Å². The summed E-state index contributed by atoms with van der Waals surface area (Å²) in [7, 11) is -1.91. The molecule has 7 heteroatoms.